The van der Waals surface area contributed by atoms with Gasteiger partial charge in [0.25, 0.3) is 10.0 Å². The van der Waals surface area contributed by atoms with Crippen LogP contribution in [0.5, 0.6) is 0 Å². The van der Waals surface area contributed by atoms with Gasteiger partial charge in [-0.2, -0.15) is 4.31 Å². The van der Waals surface area contributed by atoms with E-state index in [4.69, 9.17) is 11.6 Å². The monoisotopic (exact) mass is 330 g/mol. The minimum Gasteiger partial charge on any atom is -0.243 e. The Morgan fingerprint density at radius 1 is 1.33 bits per heavy atom. The first-order chi connectivity index (χ1) is 9.95. The molecule has 0 unspecified atom stereocenters. The van der Waals surface area contributed by atoms with Crippen LogP contribution in [0, 0.1) is 5.92 Å². The topological polar surface area (TPSA) is 50.3 Å². The SMILES string of the molecule is CC(C)CN(C1CCCC1)S(=O)(=O)c1ccc(CCl)cn1. The van der Waals surface area contributed by atoms with E-state index in [1.807, 2.05) is 13.8 Å². The number of aromatic nitrogens is 1. The first-order valence-electron chi connectivity index (χ1n) is 7.48. The zero-order chi connectivity index (χ0) is 15.5. The van der Waals surface area contributed by atoms with Crippen molar-refractivity contribution in [3.05, 3.63) is 23.9 Å². The van der Waals surface area contributed by atoms with Crippen molar-refractivity contribution in [1.82, 2.24) is 9.29 Å². The molecule has 0 aromatic carbocycles. The van der Waals surface area contributed by atoms with Crippen molar-refractivity contribution >= 4 is 21.6 Å². The number of rotatable bonds is 6. The summed E-state index contributed by atoms with van der Waals surface area (Å²) in [5, 5.41) is 0.129. The van der Waals surface area contributed by atoms with Crippen LogP contribution in [0.2, 0.25) is 0 Å². The molecule has 0 N–H and O–H groups in total. The maximum absolute atomic E-state index is 12.9. The number of hydrogen-bond acceptors (Lipinski definition) is 3. The molecule has 1 saturated carbocycles. The Bertz CT molecular complexity index is 552. The largest absolute Gasteiger partial charge is 0.260 e. The molecule has 1 aliphatic rings. The van der Waals surface area contributed by atoms with Crippen LogP contribution in [-0.4, -0.2) is 30.3 Å². The molecule has 0 atom stereocenters. The van der Waals surface area contributed by atoms with Gasteiger partial charge in [-0.25, -0.2) is 13.4 Å². The van der Waals surface area contributed by atoms with E-state index >= 15 is 0 Å². The van der Waals surface area contributed by atoms with Crippen LogP contribution in [0.1, 0.15) is 45.1 Å². The van der Waals surface area contributed by atoms with Crippen LogP contribution < -0.4 is 0 Å². The Morgan fingerprint density at radius 2 is 2.00 bits per heavy atom. The van der Waals surface area contributed by atoms with Crippen molar-refractivity contribution in [2.24, 2.45) is 5.92 Å². The van der Waals surface area contributed by atoms with Gasteiger partial charge < -0.3 is 0 Å². The van der Waals surface area contributed by atoms with Gasteiger partial charge in [-0.15, -0.1) is 11.6 Å². The van der Waals surface area contributed by atoms with Gasteiger partial charge in [0.15, 0.2) is 5.03 Å². The van der Waals surface area contributed by atoms with Crippen molar-refractivity contribution in [1.29, 1.82) is 0 Å². The number of pyridine rings is 1. The Hall–Kier alpha value is -0.650. The molecule has 1 fully saturated rings. The molecule has 0 saturated heterocycles. The minimum atomic E-state index is -3.53. The highest BCUT2D eigenvalue weighted by atomic mass is 35.5. The summed E-state index contributed by atoms with van der Waals surface area (Å²) < 4.78 is 27.4. The number of nitrogens with zero attached hydrogens (tertiary/aromatic N) is 2. The Kier molecular flexibility index (Phi) is 5.63. The van der Waals surface area contributed by atoms with E-state index in [1.54, 1.807) is 22.6 Å². The fourth-order valence-corrected chi connectivity index (χ4v) is 4.68. The van der Waals surface area contributed by atoms with E-state index in [0.717, 1.165) is 31.2 Å². The van der Waals surface area contributed by atoms with Crippen LogP contribution in [-0.2, 0) is 15.9 Å². The molecule has 2 rings (SSSR count). The summed E-state index contributed by atoms with van der Waals surface area (Å²) in [4.78, 5) is 4.11. The molecule has 0 aliphatic heterocycles. The van der Waals surface area contributed by atoms with Gasteiger partial charge in [0, 0.05) is 24.7 Å². The molecule has 1 heterocycles. The van der Waals surface area contributed by atoms with Gasteiger partial charge in [0.1, 0.15) is 0 Å². The van der Waals surface area contributed by atoms with E-state index in [-0.39, 0.29) is 11.1 Å². The molecule has 6 heteroatoms. The lowest BCUT2D eigenvalue weighted by atomic mass is 10.2. The average Bonchev–Trinajstić information content (AvgIpc) is 2.98. The van der Waals surface area contributed by atoms with Crippen molar-refractivity contribution < 1.29 is 8.42 Å². The molecule has 1 aliphatic carbocycles. The number of sulfonamides is 1. The highest BCUT2D eigenvalue weighted by Crippen LogP contribution is 2.29. The second kappa shape index (κ2) is 7.07. The molecular weight excluding hydrogens is 308 g/mol. The van der Waals surface area contributed by atoms with Gasteiger partial charge in [0.2, 0.25) is 0 Å². The first kappa shape index (κ1) is 16.7. The maximum atomic E-state index is 12.9. The van der Waals surface area contributed by atoms with Gasteiger partial charge in [-0.05, 0) is 30.4 Å². The van der Waals surface area contributed by atoms with Gasteiger partial charge in [-0.3, -0.25) is 0 Å². The van der Waals surface area contributed by atoms with Crippen molar-refractivity contribution in [2.75, 3.05) is 6.54 Å². The quantitative estimate of drug-likeness (QED) is 0.751. The van der Waals surface area contributed by atoms with Crippen LogP contribution >= 0.6 is 11.6 Å². The summed E-state index contributed by atoms with van der Waals surface area (Å²) in [6.45, 7) is 4.63. The van der Waals surface area contributed by atoms with Crippen LogP contribution in [0.25, 0.3) is 0 Å². The zero-order valence-electron chi connectivity index (χ0n) is 12.6. The minimum absolute atomic E-state index is 0.118. The van der Waals surface area contributed by atoms with E-state index in [1.165, 1.54) is 0 Å². The molecule has 21 heavy (non-hydrogen) atoms. The van der Waals surface area contributed by atoms with Crippen molar-refractivity contribution in [3.63, 3.8) is 0 Å². The van der Waals surface area contributed by atoms with E-state index < -0.39 is 10.0 Å². The number of halogens is 1. The third-order valence-corrected chi connectivity index (χ3v) is 5.95. The molecule has 0 spiro atoms. The molecule has 118 valence electrons. The van der Waals surface area contributed by atoms with Gasteiger partial charge in [0.05, 0.1) is 0 Å². The molecule has 4 nitrogen and oxygen atoms in total. The lowest BCUT2D eigenvalue weighted by Crippen LogP contribution is -2.41. The highest BCUT2D eigenvalue weighted by molar-refractivity contribution is 7.89. The molecule has 0 bridgehead atoms. The molecule has 1 aromatic heterocycles. The smallest absolute Gasteiger partial charge is 0.243 e. The Morgan fingerprint density at radius 3 is 2.48 bits per heavy atom. The summed E-state index contributed by atoms with van der Waals surface area (Å²) in [5.74, 6) is 0.633. The summed E-state index contributed by atoms with van der Waals surface area (Å²) >= 11 is 5.73. The van der Waals surface area contributed by atoms with E-state index in [9.17, 15) is 8.42 Å². The van der Waals surface area contributed by atoms with Crippen LogP contribution in [0.15, 0.2) is 23.4 Å². The summed E-state index contributed by atoms with van der Waals surface area (Å²) in [6, 6.07) is 3.41. The second-order valence-corrected chi connectivity index (χ2v) is 8.15. The average molecular weight is 331 g/mol. The molecule has 0 radical (unpaired) electrons. The Labute approximate surface area is 132 Å². The summed E-state index contributed by atoms with van der Waals surface area (Å²) in [7, 11) is -3.53. The standard InChI is InChI=1S/C15H23ClN2O2S/c1-12(2)11-18(14-5-3-4-6-14)21(19,20)15-8-7-13(9-16)10-17-15/h7-8,10,12,14H,3-6,9,11H2,1-2H3. The van der Waals surface area contributed by atoms with Gasteiger partial charge >= 0.3 is 0 Å². The van der Waals surface area contributed by atoms with E-state index in [0.29, 0.717) is 18.3 Å². The fourth-order valence-electron chi connectivity index (χ4n) is 2.76. The third-order valence-electron chi connectivity index (χ3n) is 3.80. The normalized spacial score (nSPS) is 17.0. The van der Waals surface area contributed by atoms with Crippen molar-refractivity contribution in [2.45, 2.75) is 56.5 Å². The maximum Gasteiger partial charge on any atom is 0.260 e. The predicted octanol–water partition coefficient (Wildman–Crippen LogP) is 3.41. The zero-order valence-corrected chi connectivity index (χ0v) is 14.2. The number of alkyl halides is 1. The molecule has 1 aromatic rings. The number of hydrogen-bond donors (Lipinski definition) is 0. The van der Waals surface area contributed by atoms with Crippen LogP contribution in [0.4, 0.5) is 0 Å². The molecular formula is C15H23ClN2O2S. The lowest BCUT2D eigenvalue weighted by Gasteiger charge is -2.29. The van der Waals surface area contributed by atoms with Crippen molar-refractivity contribution in [3.8, 4) is 0 Å². The lowest BCUT2D eigenvalue weighted by molar-refractivity contribution is 0.291. The van der Waals surface area contributed by atoms with E-state index in [2.05, 4.69) is 4.98 Å². The fraction of sp³-hybridized carbons (Fsp3) is 0.667. The first-order valence-corrected chi connectivity index (χ1v) is 9.45. The summed E-state index contributed by atoms with van der Waals surface area (Å²) in [5.41, 5.74) is 0.826. The molecule has 0 amide bonds. The predicted molar refractivity (Wildman–Crippen MR) is 84.8 cm³/mol. The Balaban J connectivity index is 2.30. The third kappa shape index (κ3) is 3.96. The summed E-state index contributed by atoms with van der Waals surface area (Å²) in [6.07, 6.45) is 5.65. The van der Waals surface area contributed by atoms with Gasteiger partial charge in [-0.1, -0.05) is 32.8 Å². The highest BCUT2D eigenvalue weighted by Gasteiger charge is 2.34. The van der Waals surface area contributed by atoms with Crippen LogP contribution in [0.3, 0.4) is 0 Å². The second-order valence-electron chi connectivity index (χ2n) is 6.05.